The molecular formula is C16H34B2. The number of hydrogen-bond donors (Lipinski definition) is 0. The fraction of sp³-hybridized carbons (Fsp3) is 0.875. The maximum absolute atomic E-state index is 3.91. The van der Waals surface area contributed by atoms with Gasteiger partial charge in [-0.3, -0.25) is 0 Å². The van der Waals surface area contributed by atoms with E-state index in [-0.39, 0.29) is 0 Å². The molecule has 104 valence electrons. The molecule has 18 heavy (non-hydrogen) atoms. The van der Waals surface area contributed by atoms with Gasteiger partial charge in [-0.25, -0.2) is 0 Å². The van der Waals surface area contributed by atoms with Gasteiger partial charge < -0.3 is 0 Å². The topological polar surface area (TPSA) is 0 Å². The van der Waals surface area contributed by atoms with Gasteiger partial charge in [-0.1, -0.05) is 65.2 Å². The smallest absolute Gasteiger partial charge is 0.0999 e. The van der Waals surface area contributed by atoms with E-state index in [4.69, 9.17) is 0 Å². The summed E-state index contributed by atoms with van der Waals surface area (Å²) in [6.07, 6.45) is 8.47. The summed E-state index contributed by atoms with van der Waals surface area (Å²) in [6, 6.07) is 0. The highest BCUT2D eigenvalue weighted by Gasteiger charge is 2.37. The largest absolute Gasteiger partial charge is 0.103 e. The zero-order chi connectivity index (χ0) is 14.4. The summed E-state index contributed by atoms with van der Waals surface area (Å²) in [4.78, 5) is 0. The second-order valence-corrected chi connectivity index (χ2v) is 7.39. The molecule has 2 heteroatoms. The van der Waals surface area contributed by atoms with Crippen molar-refractivity contribution in [2.24, 2.45) is 17.3 Å². The molecule has 0 N–H and O–H groups in total. The molecule has 0 saturated heterocycles. The van der Waals surface area contributed by atoms with E-state index >= 15 is 0 Å². The Morgan fingerprint density at radius 2 is 1.78 bits per heavy atom. The highest BCUT2D eigenvalue weighted by atomic mass is 14.4. The second-order valence-electron chi connectivity index (χ2n) is 7.39. The highest BCUT2D eigenvalue weighted by Crippen LogP contribution is 2.49. The molecule has 2 atom stereocenters. The molecule has 0 aromatic heterocycles. The lowest BCUT2D eigenvalue weighted by Gasteiger charge is -2.45. The van der Waals surface area contributed by atoms with Crippen molar-refractivity contribution >= 4 is 15.7 Å². The molecule has 2 unspecified atom stereocenters. The lowest BCUT2D eigenvalue weighted by Crippen LogP contribution is -2.35. The Bertz CT molecular complexity index is 243. The zero-order valence-electron chi connectivity index (χ0n) is 14.0. The Balaban J connectivity index is 4.68. The van der Waals surface area contributed by atoms with Crippen molar-refractivity contribution in [2.45, 2.75) is 71.9 Å². The lowest BCUT2D eigenvalue weighted by atomic mass is 9.39. The molecule has 0 spiro atoms. The first-order valence-electron chi connectivity index (χ1n) is 7.82. The first kappa shape index (κ1) is 17.9. The van der Waals surface area contributed by atoms with E-state index in [1.54, 1.807) is 0 Å². The molecule has 0 aliphatic heterocycles. The average Bonchev–Trinajstić information content (AvgIpc) is 2.24. The third-order valence-corrected chi connectivity index (χ3v) is 5.34. The van der Waals surface area contributed by atoms with E-state index in [0.717, 1.165) is 11.8 Å². The molecule has 0 aromatic rings. The van der Waals surface area contributed by atoms with Crippen molar-refractivity contribution in [3.8, 4) is 0 Å². The summed E-state index contributed by atoms with van der Waals surface area (Å²) in [5, 5.41) is 0.414. The van der Waals surface area contributed by atoms with Crippen LogP contribution in [0.15, 0.2) is 12.7 Å². The van der Waals surface area contributed by atoms with Crippen molar-refractivity contribution < 1.29 is 0 Å². The Morgan fingerprint density at radius 1 is 1.22 bits per heavy atom. The Hall–Kier alpha value is -0.130. The number of rotatable bonds is 9. The first-order chi connectivity index (χ1) is 8.21. The Labute approximate surface area is 118 Å². The SMILES string of the molecule is BC(B)(CC(C)C(CC)CC=C)C(C)(C)CCC. The fourth-order valence-corrected chi connectivity index (χ4v) is 3.23. The van der Waals surface area contributed by atoms with Crippen LogP contribution in [0.2, 0.25) is 5.21 Å². The molecule has 0 aromatic carbocycles. The molecule has 0 fully saturated rings. The van der Waals surface area contributed by atoms with E-state index < -0.39 is 0 Å². The average molecular weight is 248 g/mol. The maximum atomic E-state index is 3.91. The third-order valence-electron chi connectivity index (χ3n) is 5.34. The summed E-state index contributed by atoms with van der Waals surface area (Å²) in [5.74, 6) is 1.60. The summed E-state index contributed by atoms with van der Waals surface area (Å²) in [5.41, 5.74) is 0.433. The van der Waals surface area contributed by atoms with Crippen molar-refractivity contribution in [3.05, 3.63) is 12.7 Å². The van der Waals surface area contributed by atoms with Gasteiger partial charge in [0.05, 0.1) is 15.7 Å². The molecule has 0 aliphatic rings. The molecule has 0 saturated carbocycles. The molecule has 0 radical (unpaired) electrons. The standard InChI is InChI=1S/C16H34B2/c1-7-10-14(9-3)13(4)12-16(17,18)15(5,6)11-8-2/h7,13-14H,1,8-12,17-18H2,2-6H3. The maximum Gasteiger partial charge on any atom is 0.0999 e. The monoisotopic (exact) mass is 248 g/mol. The van der Waals surface area contributed by atoms with Crippen molar-refractivity contribution in [1.82, 2.24) is 0 Å². The fourth-order valence-electron chi connectivity index (χ4n) is 3.23. The third kappa shape index (κ3) is 4.86. The van der Waals surface area contributed by atoms with Crippen LogP contribution in [0.4, 0.5) is 0 Å². The van der Waals surface area contributed by atoms with Crippen LogP contribution in [-0.2, 0) is 0 Å². The van der Waals surface area contributed by atoms with Crippen molar-refractivity contribution in [1.29, 1.82) is 0 Å². The van der Waals surface area contributed by atoms with Crippen LogP contribution in [0, 0.1) is 17.3 Å². The van der Waals surface area contributed by atoms with E-state index in [1.165, 1.54) is 32.1 Å². The van der Waals surface area contributed by atoms with Crippen LogP contribution >= 0.6 is 0 Å². The van der Waals surface area contributed by atoms with Gasteiger partial charge >= 0.3 is 0 Å². The predicted octanol–water partition coefficient (Wildman–Crippen LogP) is 3.82. The molecule has 0 aliphatic carbocycles. The van der Waals surface area contributed by atoms with Gasteiger partial charge in [-0.05, 0) is 30.1 Å². The zero-order valence-corrected chi connectivity index (χ0v) is 14.0. The summed E-state index contributed by atoms with van der Waals surface area (Å²) < 4.78 is 0. The molecule has 0 rings (SSSR count). The minimum atomic E-state index is 0.414. The van der Waals surface area contributed by atoms with Crippen LogP contribution in [0.1, 0.15) is 66.7 Å². The van der Waals surface area contributed by atoms with Crippen LogP contribution in [-0.4, -0.2) is 15.7 Å². The van der Waals surface area contributed by atoms with Crippen LogP contribution in [0.3, 0.4) is 0 Å². The molecular weight excluding hydrogens is 214 g/mol. The summed E-state index contributed by atoms with van der Waals surface area (Å²) >= 11 is 0. The van der Waals surface area contributed by atoms with Crippen molar-refractivity contribution in [3.63, 3.8) is 0 Å². The van der Waals surface area contributed by atoms with E-state index in [9.17, 15) is 0 Å². The van der Waals surface area contributed by atoms with Gasteiger partial charge in [0.15, 0.2) is 0 Å². The molecule has 0 nitrogen and oxygen atoms in total. The normalized spacial score (nSPS) is 16.3. The lowest BCUT2D eigenvalue weighted by molar-refractivity contribution is 0.215. The molecule has 0 bridgehead atoms. The van der Waals surface area contributed by atoms with Gasteiger partial charge in [-0.15, -0.1) is 6.58 Å². The second kappa shape index (κ2) is 7.46. The van der Waals surface area contributed by atoms with Gasteiger partial charge in [-0.2, -0.15) is 0 Å². The quantitative estimate of drug-likeness (QED) is 0.429. The van der Waals surface area contributed by atoms with Gasteiger partial charge in [0.1, 0.15) is 0 Å². The minimum Gasteiger partial charge on any atom is -0.103 e. The summed E-state index contributed by atoms with van der Waals surface area (Å²) in [6.45, 7) is 15.8. The predicted molar refractivity (Wildman–Crippen MR) is 90.8 cm³/mol. The first-order valence-corrected chi connectivity index (χ1v) is 7.82. The Morgan fingerprint density at radius 3 is 2.17 bits per heavy atom. The number of allylic oxidation sites excluding steroid dienone is 1. The van der Waals surface area contributed by atoms with E-state index in [2.05, 4.69) is 63.0 Å². The van der Waals surface area contributed by atoms with Gasteiger partial charge in [0, 0.05) is 0 Å². The van der Waals surface area contributed by atoms with Gasteiger partial charge in [0.2, 0.25) is 0 Å². The molecule has 0 heterocycles. The van der Waals surface area contributed by atoms with Crippen LogP contribution in [0.25, 0.3) is 0 Å². The summed E-state index contributed by atoms with van der Waals surface area (Å²) in [7, 11) is 4.92. The van der Waals surface area contributed by atoms with E-state index in [1.807, 2.05) is 0 Å². The van der Waals surface area contributed by atoms with Crippen LogP contribution in [0.5, 0.6) is 0 Å². The van der Waals surface area contributed by atoms with Gasteiger partial charge in [0.25, 0.3) is 0 Å². The van der Waals surface area contributed by atoms with E-state index in [0.29, 0.717) is 10.6 Å². The highest BCUT2D eigenvalue weighted by molar-refractivity contribution is 6.40. The number of hydrogen-bond acceptors (Lipinski definition) is 0. The Kier molecular flexibility index (Phi) is 7.40. The molecule has 0 amide bonds. The van der Waals surface area contributed by atoms with Crippen molar-refractivity contribution in [2.75, 3.05) is 0 Å². The minimum absolute atomic E-state index is 0.414. The van der Waals surface area contributed by atoms with Crippen LogP contribution < -0.4 is 0 Å².